The van der Waals surface area contributed by atoms with Gasteiger partial charge in [0.15, 0.2) is 5.15 Å². The lowest BCUT2D eigenvalue weighted by Gasteiger charge is -1.99. The lowest BCUT2D eigenvalue weighted by atomic mass is 10.6. The Morgan fingerprint density at radius 2 is 2.42 bits per heavy atom. The molecule has 2 rings (SSSR count). The number of rotatable bonds is 1. The molecular weight excluding hydrogens is 180 g/mol. The quantitative estimate of drug-likeness (QED) is 0.658. The smallest absolute Gasteiger partial charge is 0.261 e. The Balaban J connectivity index is 2.80. The topological polar surface area (TPSA) is 52.3 Å². The maximum atomic E-state index is 5.68. The molecule has 2 aromatic heterocycles. The molecule has 0 fully saturated rings. The van der Waals surface area contributed by atoms with Gasteiger partial charge in [-0.2, -0.15) is 10.1 Å². The van der Waals surface area contributed by atoms with Crippen LogP contribution in [-0.2, 0) is 0 Å². The fraction of sp³-hybridized carbons (Fsp3) is 0.167. The number of ether oxygens (including phenoxy) is 1. The molecule has 62 valence electrons. The van der Waals surface area contributed by atoms with Gasteiger partial charge >= 0.3 is 0 Å². The van der Waals surface area contributed by atoms with E-state index in [1.165, 1.54) is 18.0 Å². The van der Waals surface area contributed by atoms with Crippen molar-refractivity contribution in [1.29, 1.82) is 0 Å². The summed E-state index contributed by atoms with van der Waals surface area (Å²) in [5.41, 5.74) is 0.557. The van der Waals surface area contributed by atoms with Gasteiger partial charge in [-0.05, 0) is 0 Å². The fourth-order valence-electron chi connectivity index (χ4n) is 0.911. The number of fused-ring (bicyclic) bond motifs is 1. The molecule has 0 spiro atoms. The second-order valence-electron chi connectivity index (χ2n) is 2.10. The Morgan fingerprint density at radius 1 is 1.58 bits per heavy atom. The van der Waals surface area contributed by atoms with E-state index in [1.807, 2.05) is 0 Å². The van der Waals surface area contributed by atoms with Gasteiger partial charge in [-0.15, -0.1) is 0 Å². The molecule has 6 heteroatoms. The van der Waals surface area contributed by atoms with E-state index in [2.05, 4.69) is 15.1 Å². The summed E-state index contributed by atoms with van der Waals surface area (Å²) in [6.45, 7) is 0. The van der Waals surface area contributed by atoms with Gasteiger partial charge in [0.1, 0.15) is 6.33 Å². The number of hydrogen-bond donors (Lipinski definition) is 0. The summed E-state index contributed by atoms with van der Waals surface area (Å²) in [4.78, 5) is 7.85. The van der Waals surface area contributed by atoms with Crippen molar-refractivity contribution in [2.24, 2.45) is 0 Å². The van der Waals surface area contributed by atoms with E-state index in [4.69, 9.17) is 16.3 Å². The first kappa shape index (κ1) is 7.30. The Bertz CT molecular complexity index is 413. The molecule has 5 nitrogen and oxygen atoms in total. The second kappa shape index (κ2) is 2.60. The average molecular weight is 185 g/mol. The number of hydrogen-bond acceptors (Lipinski definition) is 4. The predicted molar refractivity (Wildman–Crippen MR) is 42.3 cm³/mol. The summed E-state index contributed by atoms with van der Waals surface area (Å²) in [6.07, 6.45) is 2.97. The Hall–Kier alpha value is -1.36. The van der Waals surface area contributed by atoms with Crippen molar-refractivity contribution in [3.8, 4) is 5.88 Å². The van der Waals surface area contributed by atoms with Crippen LogP contribution in [0.3, 0.4) is 0 Å². The highest BCUT2D eigenvalue weighted by Gasteiger charge is 2.06. The van der Waals surface area contributed by atoms with E-state index in [9.17, 15) is 0 Å². The summed E-state index contributed by atoms with van der Waals surface area (Å²) in [5.74, 6) is 0.375. The second-order valence-corrected chi connectivity index (χ2v) is 2.49. The predicted octanol–water partition coefficient (Wildman–Crippen LogP) is 0.786. The van der Waals surface area contributed by atoms with Crippen LogP contribution in [-0.4, -0.2) is 26.7 Å². The number of aromatic nitrogens is 4. The minimum Gasteiger partial charge on any atom is -0.478 e. The van der Waals surface area contributed by atoms with Gasteiger partial charge < -0.3 is 4.74 Å². The van der Waals surface area contributed by atoms with Gasteiger partial charge in [-0.3, -0.25) is 0 Å². The zero-order valence-corrected chi connectivity index (χ0v) is 6.99. The zero-order chi connectivity index (χ0) is 8.55. The summed E-state index contributed by atoms with van der Waals surface area (Å²) in [5, 5.41) is 4.21. The van der Waals surface area contributed by atoms with Crippen LogP contribution in [0.15, 0.2) is 12.5 Å². The van der Waals surface area contributed by atoms with Crippen LogP contribution < -0.4 is 4.74 Å². The molecule has 0 aliphatic carbocycles. The Labute approximate surface area is 73.0 Å². The van der Waals surface area contributed by atoms with E-state index in [1.54, 1.807) is 6.20 Å². The van der Waals surface area contributed by atoms with Crippen LogP contribution in [0, 0.1) is 0 Å². The molecule has 0 aliphatic rings. The van der Waals surface area contributed by atoms with Crippen molar-refractivity contribution in [2.45, 2.75) is 0 Å². The molecule has 0 bridgehead atoms. The van der Waals surface area contributed by atoms with E-state index in [0.29, 0.717) is 16.7 Å². The van der Waals surface area contributed by atoms with E-state index in [0.717, 1.165) is 0 Å². The normalized spacial score (nSPS) is 10.5. The summed E-state index contributed by atoms with van der Waals surface area (Å²) >= 11 is 5.68. The van der Waals surface area contributed by atoms with Crippen LogP contribution in [0.25, 0.3) is 5.65 Å². The van der Waals surface area contributed by atoms with Gasteiger partial charge in [0, 0.05) is 0 Å². The number of nitrogens with zero attached hydrogens (tertiary/aromatic N) is 4. The molecule has 0 N–H and O–H groups in total. The van der Waals surface area contributed by atoms with Crippen LogP contribution in [0.5, 0.6) is 5.88 Å². The molecule has 0 atom stereocenters. The Morgan fingerprint density at radius 3 is 3.17 bits per heavy atom. The molecule has 0 unspecified atom stereocenters. The van der Waals surface area contributed by atoms with Crippen molar-refractivity contribution in [1.82, 2.24) is 19.6 Å². The highest BCUT2D eigenvalue weighted by molar-refractivity contribution is 6.29. The number of halogens is 1. The maximum Gasteiger partial charge on any atom is 0.261 e. The molecule has 2 heterocycles. The first-order chi connectivity index (χ1) is 5.81. The van der Waals surface area contributed by atoms with Gasteiger partial charge in [0.25, 0.3) is 5.88 Å². The lowest BCUT2D eigenvalue weighted by molar-refractivity contribution is 0.399. The van der Waals surface area contributed by atoms with E-state index < -0.39 is 0 Å². The molecule has 0 saturated carbocycles. The molecule has 0 radical (unpaired) electrons. The van der Waals surface area contributed by atoms with E-state index >= 15 is 0 Å². The molecule has 0 aromatic carbocycles. The molecule has 2 aromatic rings. The van der Waals surface area contributed by atoms with Gasteiger partial charge in [-0.25, -0.2) is 9.50 Å². The van der Waals surface area contributed by atoms with E-state index in [-0.39, 0.29) is 0 Å². The van der Waals surface area contributed by atoms with Crippen molar-refractivity contribution >= 4 is 17.2 Å². The van der Waals surface area contributed by atoms with Crippen molar-refractivity contribution in [3.05, 3.63) is 17.7 Å². The third-order valence-corrected chi connectivity index (χ3v) is 1.58. The number of methoxy groups -OCH3 is 1. The Kier molecular flexibility index (Phi) is 1.58. The average Bonchev–Trinajstić information content (AvgIpc) is 2.50. The van der Waals surface area contributed by atoms with Crippen LogP contribution in [0.1, 0.15) is 0 Å². The molecular formula is C6H5ClN4O. The SMILES string of the molecule is COc1nc(Cl)cn2ncnc12. The fourth-order valence-corrected chi connectivity index (χ4v) is 1.08. The van der Waals surface area contributed by atoms with Gasteiger partial charge in [-0.1, -0.05) is 11.6 Å². The maximum absolute atomic E-state index is 5.68. The van der Waals surface area contributed by atoms with Crippen molar-refractivity contribution < 1.29 is 4.74 Å². The highest BCUT2D eigenvalue weighted by atomic mass is 35.5. The molecule has 0 amide bonds. The highest BCUT2D eigenvalue weighted by Crippen LogP contribution is 2.16. The third kappa shape index (κ3) is 0.984. The van der Waals surface area contributed by atoms with Crippen LogP contribution >= 0.6 is 11.6 Å². The standard InChI is InChI=1S/C6H5ClN4O/c1-12-6-5-8-3-9-11(5)2-4(7)10-6/h2-3H,1H3. The molecule has 12 heavy (non-hydrogen) atoms. The van der Waals surface area contributed by atoms with Gasteiger partial charge in [0.2, 0.25) is 5.65 Å². The van der Waals surface area contributed by atoms with Crippen LogP contribution in [0.2, 0.25) is 5.15 Å². The van der Waals surface area contributed by atoms with Crippen molar-refractivity contribution in [2.75, 3.05) is 7.11 Å². The van der Waals surface area contributed by atoms with Crippen LogP contribution in [0.4, 0.5) is 0 Å². The summed E-state index contributed by atoms with van der Waals surface area (Å²) in [6, 6.07) is 0. The zero-order valence-electron chi connectivity index (χ0n) is 6.23. The largest absolute Gasteiger partial charge is 0.478 e. The first-order valence-corrected chi connectivity index (χ1v) is 3.59. The minimum absolute atomic E-state index is 0.324. The van der Waals surface area contributed by atoms with Crippen molar-refractivity contribution in [3.63, 3.8) is 0 Å². The molecule has 0 saturated heterocycles. The first-order valence-electron chi connectivity index (χ1n) is 3.21. The molecule has 0 aliphatic heterocycles. The third-order valence-electron chi connectivity index (χ3n) is 1.39. The summed E-state index contributed by atoms with van der Waals surface area (Å²) < 4.78 is 6.46. The summed E-state index contributed by atoms with van der Waals surface area (Å²) in [7, 11) is 1.51. The monoisotopic (exact) mass is 184 g/mol. The van der Waals surface area contributed by atoms with Gasteiger partial charge in [0.05, 0.1) is 13.3 Å². The lowest BCUT2D eigenvalue weighted by Crippen LogP contribution is -1.95. The minimum atomic E-state index is 0.324.